The van der Waals surface area contributed by atoms with Crippen molar-refractivity contribution in [2.45, 2.75) is 19.9 Å². The van der Waals surface area contributed by atoms with E-state index in [0.717, 1.165) is 11.3 Å². The van der Waals surface area contributed by atoms with Crippen molar-refractivity contribution in [1.82, 2.24) is 5.32 Å². The third kappa shape index (κ3) is 3.83. The van der Waals surface area contributed by atoms with E-state index in [9.17, 15) is 4.39 Å². The van der Waals surface area contributed by atoms with Gasteiger partial charge in [0.2, 0.25) is 0 Å². The van der Waals surface area contributed by atoms with Gasteiger partial charge < -0.3 is 14.5 Å². The first-order valence-electron chi connectivity index (χ1n) is 6.32. The molecule has 2 aromatic rings. The van der Waals surface area contributed by atoms with Crippen LogP contribution in [-0.4, -0.2) is 13.2 Å². The highest BCUT2D eigenvalue weighted by Crippen LogP contribution is 2.18. The molecule has 2 rings (SSSR count). The van der Waals surface area contributed by atoms with Gasteiger partial charge in [-0.05, 0) is 49.7 Å². The largest absolute Gasteiger partial charge is 0.492 e. The number of nitrogens with one attached hydrogen (secondary N) is 1. The maximum atomic E-state index is 12.9. The molecule has 0 fully saturated rings. The fourth-order valence-corrected chi connectivity index (χ4v) is 1.85. The van der Waals surface area contributed by atoms with E-state index in [0.29, 0.717) is 18.9 Å². The van der Waals surface area contributed by atoms with Crippen LogP contribution in [0.15, 0.2) is 41.0 Å². The number of benzene rings is 1. The minimum Gasteiger partial charge on any atom is -0.492 e. The highest BCUT2D eigenvalue weighted by atomic mass is 19.1. The lowest BCUT2D eigenvalue weighted by Gasteiger charge is -2.13. The summed E-state index contributed by atoms with van der Waals surface area (Å²) in [6, 6.07) is 8.47. The van der Waals surface area contributed by atoms with Gasteiger partial charge in [-0.1, -0.05) is 0 Å². The molecule has 19 heavy (non-hydrogen) atoms. The van der Waals surface area contributed by atoms with Gasteiger partial charge in [0, 0.05) is 6.54 Å². The van der Waals surface area contributed by atoms with Crippen molar-refractivity contribution in [3.8, 4) is 5.75 Å². The Labute approximate surface area is 112 Å². The van der Waals surface area contributed by atoms with E-state index >= 15 is 0 Å². The van der Waals surface area contributed by atoms with E-state index in [1.165, 1.54) is 12.1 Å². The maximum absolute atomic E-state index is 12.9. The fraction of sp³-hybridized carbons (Fsp3) is 0.333. The Balaban J connectivity index is 1.75. The van der Waals surface area contributed by atoms with Gasteiger partial charge in [0.15, 0.2) is 0 Å². The predicted octanol–water partition coefficient (Wildman–Crippen LogP) is 3.46. The molecule has 1 heterocycles. The average molecular weight is 263 g/mol. The summed E-state index contributed by atoms with van der Waals surface area (Å²) < 4.78 is 23.8. The average Bonchev–Trinajstić information content (AvgIpc) is 2.90. The molecule has 0 radical (unpaired) electrons. The van der Waals surface area contributed by atoms with Gasteiger partial charge in [-0.3, -0.25) is 0 Å². The summed E-state index contributed by atoms with van der Waals surface area (Å²) in [5, 5.41) is 3.29. The molecule has 0 saturated heterocycles. The van der Waals surface area contributed by atoms with E-state index in [4.69, 9.17) is 9.15 Å². The molecule has 0 aliphatic rings. The number of aryl methyl sites for hydroxylation is 1. The highest BCUT2D eigenvalue weighted by Gasteiger charge is 2.07. The van der Waals surface area contributed by atoms with Crippen molar-refractivity contribution in [3.63, 3.8) is 0 Å². The van der Waals surface area contributed by atoms with E-state index in [2.05, 4.69) is 5.32 Å². The van der Waals surface area contributed by atoms with Crippen molar-refractivity contribution >= 4 is 0 Å². The first-order chi connectivity index (χ1) is 9.16. The number of ether oxygens (including phenoxy) is 1. The second kappa shape index (κ2) is 6.38. The number of furan rings is 1. The van der Waals surface area contributed by atoms with Crippen LogP contribution in [0.5, 0.6) is 5.75 Å². The van der Waals surface area contributed by atoms with E-state index in [-0.39, 0.29) is 11.9 Å². The zero-order valence-electron chi connectivity index (χ0n) is 11.2. The molecule has 0 saturated carbocycles. The summed E-state index contributed by atoms with van der Waals surface area (Å²) in [5.41, 5.74) is 0.805. The number of rotatable bonds is 6. The van der Waals surface area contributed by atoms with Gasteiger partial charge in [0.1, 0.15) is 23.9 Å². The van der Waals surface area contributed by atoms with E-state index in [1.54, 1.807) is 12.3 Å². The summed E-state index contributed by atoms with van der Waals surface area (Å²) in [7, 11) is 0. The lowest BCUT2D eigenvalue weighted by molar-refractivity contribution is 0.299. The van der Waals surface area contributed by atoms with Crippen LogP contribution in [0.2, 0.25) is 0 Å². The monoisotopic (exact) mass is 263 g/mol. The van der Waals surface area contributed by atoms with Gasteiger partial charge in [-0.25, -0.2) is 4.39 Å². The van der Waals surface area contributed by atoms with Gasteiger partial charge >= 0.3 is 0 Å². The third-order valence-electron chi connectivity index (χ3n) is 2.92. The quantitative estimate of drug-likeness (QED) is 0.810. The maximum Gasteiger partial charge on any atom is 0.123 e. The Morgan fingerprint density at radius 3 is 2.89 bits per heavy atom. The smallest absolute Gasteiger partial charge is 0.123 e. The third-order valence-corrected chi connectivity index (χ3v) is 2.92. The minimum atomic E-state index is -0.241. The zero-order valence-corrected chi connectivity index (χ0v) is 11.2. The first kappa shape index (κ1) is 13.6. The van der Waals surface area contributed by atoms with Crippen molar-refractivity contribution in [3.05, 3.63) is 53.7 Å². The van der Waals surface area contributed by atoms with Crippen LogP contribution in [0.1, 0.15) is 24.3 Å². The topological polar surface area (TPSA) is 34.4 Å². The van der Waals surface area contributed by atoms with E-state index in [1.807, 2.05) is 26.0 Å². The van der Waals surface area contributed by atoms with E-state index < -0.39 is 0 Å². The Kier molecular flexibility index (Phi) is 4.58. The van der Waals surface area contributed by atoms with Gasteiger partial charge in [0.05, 0.1) is 12.3 Å². The first-order valence-corrected chi connectivity index (χ1v) is 6.32. The molecule has 1 atom stereocenters. The Morgan fingerprint density at radius 1 is 1.37 bits per heavy atom. The molecular weight excluding hydrogens is 245 g/mol. The molecule has 0 amide bonds. The molecule has 0 aliphatic heterocycles. The zero-order chi connectivity index (χ0) is 13.7. The molecule has 1 unspecified atom stereocenters. The molecule has 1 N–H and O–H groups in total. The SMILES string of the molecule is Cc1cc(F)ccc1OCCNC(C)c1ccco1. The molecule has 0 aliphatic carbocycles. The summed E-state index contributed by atoms with van der Waals surface area (Å²) in [5.74, 6) is 1.38. The number of hydrogen-bond acceptors (Lipinski definition) is 3. The predicted molar refractivity (Wildman–Crippen MR) is 71.8 cm³/mol. The lowest BCUT2D eigenvalue weighted by Crippen LogP contribution is -2.24. The van der Waals surface area contributed by atoms with Crippen molar-refractivity contribution in [2.24, 2.45) is 0 Å². The Bertz CT molecular complexity index is 511. The highest BCUT2D eigenvalue weighted by molar-refractivity contribution is 5.32. The molecule has 1 aromatic heterocycles. The summed E-state index contributed by atoms with van der Waals surface area (Å²) in [6.07, 6.45) is 1.66. The van der Waals surface area contributed by atoms with Crippen LogP contribution in [0, 0.1) is 12.7 Å². The second-order valence-electron chi connectivity index (χ2n) is 4.45. The van der Waals surface area contributed by atoms with Crippen molar-refractivity contribution in [1.29, 1.82) is 0 Å². The van der Waals surface area contributed by atoms with Crippen LogP contribution in [0.25, 0.3) is 0 Å². The fourth-order valence-electron chi connectivity index (χ4n) is 1.85. The van der Waals surface area contributed by atoms with Crippen molar-refractivity contribution < 1.29 is 13.5 Å². The summed E-state index contributed by atoms with van der Waals surface area (Å²) >= 11 is 0. The molecule has 0 spiro atoms. The summed E-state index contributed by atoms with van der Waals surface area (Å²) in [6.45, 7) is 5.08. The van der Waals surface area contributed by atoms with Crippen LogP contribution in [0.3, 0.4) is 0 Å². The van der Waals surface area contributed by atoms with Crippen LogP contribution >= 0.6 is 0 Å². The second-order valence-corrected chi connectivity index (χ2v) is 4.45. The molecule has 3 nitrogen and oxygen atoms in total. The van der Waals surface area contributed by atoms with Gasteiger partial charge in [-0.2, -0.15) is 0 Å². The lowest BCUT2D eigenvalue weighted by atomic mass is 10.2. The van der Waals surface area contributed by atoms with Gasteiger partial charge in [0.25, 0.3) is 0 Å². The van der Waals surface area contributed by atoms with Crippen LogP contribution < -0.4 is 10.1 Å². The molecule has 4 heteroatoms. The molecule has 1 aromatic carbocycles. The van der Waals surface area contributed by atoms with Crippen molar-refractivity contribution in [2.75, 3.05) is 13.2 Å². The normalized spacial score (nSPS) is 12.4. The number of halogens is 1. The molecule has 102 valence electrons. The number of hydrogen-bond donors (Lipinski definition) is 1. The molecule has 0 bridgehead atoms. The summed E-state index contributed by atoms with van der Waals surface area (Å²) in [4.78, 5) is 0. The standard InChI is InChI=1S/C15H18FNO2/c1-11-10-13(16)5-6-14(11)19-9-7-17-12(2)15-4-3-8-18-15/h3-6,8,10,12,17H,7,9H2,1-2H3. The minimum absolute atomic E-state index is 0.146. The molecular formula is C15H18FNO2. The van der Waals surface area contributed by atoms with Gasteiger partial charge in [-0.15, -0.1) is 0 Å². The Morgan fingerprint density at radius 2 is 2.21 bits per heavy atom. The van der Waals surface area contributed by atoms with Crippen LogP contribution in [-0.2, 0) is 0 Å². The Hall–Kier alpha value is -1.81. The van der Waals surface area contributed by atoms with Crippen LogP contribution in [0.4, 0.5) is 4.39 Å².